The van der Waals surface area contributed by atoms with Crippen LogP contribution < -0.4 is 0 Å². The van der Waals surface area contributed by atoms with Gasteiger partial charge < -0.3 is 0 Å². The largest absolute Gasteiger partial charge is 0.160 e. The molecular weight excluding hydrogens is 260 g/mol. The number of rotatable bonds is 7. The highest BCUT2D eigenvalue weighted by Gasteiger charge is 2.22. The molecule has 0 N–H and O–H groups in total. The third-order valence-corrected chi connectivity index (χ3v) is 9.26. The summed E-state index contributed by atoms with van der Waals surface area (Å²) in [4.78, 5) is 0. The summed E-state index contributed by atoms with van der Waals surface area (Å²) in [5, 5.41) is 1.99. The Labute approximate surface area is 111 Å². The van der Waals surface area contributed by atoms with Crippen LogP contribution in [-0.4, -0.2) is 45.0 Å². The third kappa shape index (κ3) is 4.29. The van der Waals surface area contributed by atoms with Crippen LogP contribution in [-0.2, 0) is 0 Å². The first-order valence-electron chi connectivity index (χ1n) is 5.77. The lowest BCUT2D eigenvalue weighted by Gasteiger charge is -2.28. The molecule has 2 saturated heterocycles. The summed E-state index contributed by atoms with van der Waals surface area (Å²) in [6, 6.07) is 0. The average molecular weight is 281 g/mol. The molecule has 0 spiro atoms. The molecule has 0 nitrogen and oxygen atoms in total. The molecule has 0 atom stereocenters. The lowest BCUT2D eigenvalue weighted by Crippen LogP contribution is -2.25. The molecule has 0 unspecified atom stereocenters. The summed E-state index contributed by atoms with van der Waals surface area (Å²) in [7, 11) is 0. The molecule has 2 aliphatic heterocycles. The zero-order valence-electron chi connectivity index (χ0n) is 9.31. The van der Waals surface area contributed by atoms with E-state index in [-0.39, 0.29) is 0 Å². The molecule has 0 aromatic rings. The van der Waals surface area contributed by atoms with Crippen LogP contribution in [0.4, 0.5) is 0 Å². The van der Waals surface area contributed by atoms with Crippen molar-refractivity contribution in [3.63, 3.8) is 0 Å². The van der Waals surface area contributed by atoms with Crippen LogP contribution in [0, 0.1) is 5.92 Å². The van der Waals surface area contributed by atoms with Crippen molar-refractivity contribution < 1.29 is 0 Å². The second-order valence-electron chi connectivity index (χ2n) is 4.26. The third-order valence-electron chi connectivity index (χ3n) is 2.93. The quantitative estimate of drug-likeness (QED) is 0.697. The Hall–Kier alpha value is 1.40. The van der Waals surface area contributed by atoms with Crippen LogP contribution in [0.3, 0.4) is 0 Å². The summed E-state index contributed by atoms with van der Waals surface area (Å²) in [5.41, 5.74) is 0. The first-order valence-corrected chi connectivity index (χ1v) is 10.2. The van der Waals surface area contributed by atoms with Crippen molar-refractivity contribution in [2.45, 2.75) is 23.8 Å². The Morgan fingerprint density at radius 1 is 1.00 bits per heavy atom. The van der Waals surface area contributed by atoms with Crippen molar-refractivity contribution in [1.29, 1.82) is 0 Å². The van der Waals surface area contributed by atoms with E-state index >= 15 is 0 Å². The van der Waals surface area contributed by atoms with E-state index in [1.165, 1.54) is 40.9 Å². The maximum atomic E-state index is 2.36. The van der Waals surface area contributed by atoms with E-state index in [0.717, 1.165) is 16.4 Å². The molecule has 4 heteroatoms. The number of hydrogen-bond acceptors (Lipinski definition) is 4. The molecule has 2 rings (SSSR count). The summed E-state index contributed by atoms with van der Waals surface area (Å²) in [5.74, 6) is 9.43. The second kappa shape index (κ2) is 6.97. The number of hydrogen-bond donors (Lipinski definition) is 0. The molecule has 0 saturated carbocycles. The van der Waals surface area contributed by atoms with Gasteiger partial charge in [0.2, 0.25) is 0 Å². The van der Waals surface area contributed by atoms with Gasteiger partial charge in [-0.25, -0.2) is 0 Å². The molecule has 88 valence electrons. The van der Waals surface area contributed by atoms with Gasteiger partial charge in [-0.1, -0.05) is 13.3 Å². The highest BCUT2D eigenvalue weighted by molar-refractivity contribution is 8.08. The Balaban J connectivity index is 1.54. The highest BCUT2D eigenvalue weighted by atomic mass is 32.2. The minimum atomic E-state index is 0.969. The normalized spacial score (nSPS) is 22.8. The molecule has 0 aliphatic carbocycles. The first kappa shape index (κ1) is 12.8. The predicted molar refractivity (Wildman–Crippen MR) is 80.9 cm³/mol. The van der Waals surface area contributed by atoms with E-state index in [1.807, 2.05) is 0 Å². The lowest BCUT2D eigenvalue weighted by atomic mass is 10.2. The molecule has 0 aromatic carbocycles. The van der Waals surface area contributed by atoms with Gasteiger partial charge in [0.25, 0.3) is 0 Å². The van der Waals surface area contributed by atoms with Crippen LogP contribution >= 0.6 is 47.0 Å². The topological polar surface area (TPSA) is 0 Å². The minimum absolute atomic E-state index is 0.969. The zero-order chi connectivity index (χ0) is 10.5. The van der Waals surface area contributed by atoms with Crippen molar-refractivity contribution in [1.82, 2.24) is 0 Å². The maximum absolute atomic E-state index is 2.36. The molecule has 15 heavy (non-hydrogen) atoms. The van der Waals surface area contributed by atoms with E-state index in [2.05, 4.69) is 54.0 Å². The van der Waals surface area contributed by atoms with Gasteiger partial charge in [-0.2, -0.15) is 47.0 Å². The monoisotopic (exact) mass is 280 g/mol. The first-order chi connectivity index (χ1) is 7.38. The van der Waals surface area contributed by atoms with Gasteiger partial charge in [-0.3, -0.25) is 0 Å². The Bertz CT molecular complexity index is 159. The summed E-state index contributed by atoms with van der Waals surface area (Å²) in [6.07, 6.45) is 1.37. The highest BCUT2D eigenvalue weighted by Crippen LogP contribution is 2.34. The van der Waals surface area contributed by atoms with Gasteiger partial charge in [0.15, 0.2) is 0 Å². The van der Waals surface area contributed by atoms with Crippen molar-refractivity contribution >= 4 is 47.0 Å². The van der Waals surface area contributed by atoms with E-state index in [0.29, 0.717) is 0 Å². The summed E-state index contributed by atoms with van der Waals surface area (Å²) in [6.45, 7) is 2.36. The Morgan fingerprint density at radius 3 is 1.73 bits per heavy atom. The SMILES string of the molecule is CCC(CSC1CSC1)CSC1CSC1. The molecule has 2 fully saturated rings. The fourth-order valence-electron chi connectivity index (χ4n) is 1.45. The summed E-state index contributed by atoms with van der Waals surface area (Å²) >= 11 is 8.68. The van der Waals surface area contributed by atoms with Crippen LogP contribution in [0.2, 0.25) is 0 Å². The van der Waals surface area contributed by atoms with Crippen LogP contribution in [0.5, 0.6) is 0 Å². The summed E-state index contributed by atoms with van der Waals surface area (Å²) < 4.78 is 0. The maximum Gasteiger partial charge on any atom is 0.0228 e. The Kier molecular flexibility index (Phi) is 5.97. The van der Waals surface area contributed by atoms with Crippen molar-refractivity contribution in [2.75, 3.05) is 34.5 Å². The molecule has 0 aromatic heterocycles. The Morgan fingerprint density at radius 2 is 1.47 bits per heavy atom. The van der Waals surface area contributed by atoms with Gasteiger partial charge in [0.1, 0.15) is 0 Å². The van der Waals surface area contributed by atoms with Crippen molar-refractivity contribution in [3.8, 4) is 0 Å². The molecule has 0 radical (unpaired) electrons. The predicted octanol–water partition coefficient (Wildman–Crippen LogP) is 3.71. The molecule has 0 bridgehead atoms. The van der Waals surface area contributed by atoms with E-state index < -0.39 is 0 Å². The van der Waals surface area contributed by atoms with Gasteiger partial charge in [0.05, 0.1) is 0 Å². The molecule has 2 aliphatic rings. The molecule has 0 amide bonds. The van der Waals surface area contributed by atoms with Crippen LogP contribution in [0.25, 0.3) is 0 Å². The van der Waals surface area contributed by atoms with Gasteiger partial charge in [-0.05, 0) is 17.4 Å². The van der Waals surface area contributed by atoms with Crippen LogP contribution in [0.15, 0.2) is 0 Å². The smallest absolute Gasteiger partial charge is 0.0228 e. The van der Waals surface area contributed by atoms with Crippen molar-refractivity contribution in [3.05, 3.63) is 0 Å². The van der Waals surface area contributed by atoms with Gasteiger partial charge >= 0.3 is 0 Å². The number of thioether (sulfide) groups is 4. The van der Waals surface area contributed by atoms with E-state index in [9.17, 15) is 0 Å². The fraction of sp³-hybridized carbons (Fsp3) is 1.00. The van der Waals surface area contributed by atoms with Crippen LogP contribution in [0.1, 0.15) is 13.3 Å². The fourth-order valence-corrected chi connectivity index (χ4v) is 6.94. The molecular formula is C11H20S4. The second-order valence-corrected chi connectivity index (χ2v) is 9.08. The molecule has 2 heterocycles. The van der Waals surface area contributed by atoms with E-state index in [4.69, 9.17) is 0 Å². The standard InChI is InChI=1S/C11H20S4/c1-2-9(3-14-10-5-12-6-10)4-15-11-7-13-8-11/h9-11H,2-8H2,1H3. The zero-order valence-corrected chi connectivity index (χ0v) is 12.6. The van der Waals surface area contributed by atoms with E-state index in [1.54, 1.807) is 0 Å². The lowest BCUT2D eigenvalue weighted by molar-refractivity contribution is 0.646. The average Bonchev–Trinajstić information content (AvgIpc) is 2.10. The van der Waals surface area contributed by atoms with Crippen molar-refractivity contribution in [2.24, 2.45) is 5.92 Å². The van der Waals surface area contributed by atoms with Gasteiger partial charge in [-0.15, -0.1) is 0 Å². The van der Waals surface area contributed by atoms with Gasteiger partial charge in [0, 0.05) is 33.5 Å². The minimum Gasteiger partial charge on any atom is -0.160 e.